The second kappa shape index (κ2) is 7.75. The number of rotatable bonds is 2. The van der Waals surface area contributed by atoms with E-state index in [9.17, 15) is 0 Å². The van der Waals surface area contributed by atoms with Crippen LogP contribution in [0.25, 0.3) is 5.69 Å². The molecule has 0 spiro atoms. The lowest BCUT2D eigenvalue weighted by atomic mass is 9.78. The largest absolute Gasteiger partial charge is 0.361 e. The Morgan fingerprint density at radius 1 is 1.00 bits per heavy atom. The number of halogens is 1. The summed E-state index contributed by atoms with van der Waals surface area (Å²) < 4.78 is 8.16. The first-order valence-electron chi connectivity index (χ1n) is 11.6. The SMILES string of the molecule is CN1Cc2cc(Cl)ccc2-n2c(nnc2[C@H]2CC[C@H](c3onc4c3CCCC4)CC2)C1. The summed E-state index contributed by atoms with van der Waals surface area (Å²) in [6.07, 6.45) is 9.19. The van der Waals surface area contributed by atoms with Gasteiger partial charge in [-0.3, -0.25) is 9.47 Å². The van der Waals surface area contributed by atoms with E-state index in [0.717, 1.165) is 68.3 Å². The Bertz CT molecular complexity index is 1110. The third kappa shape index (κ3) is 3.40. The molecule has 6 nitrogen and oxygen atoms in total. The molecule has 162 valence electrons. The van der Waals surface area contributed by atoms with E-state index in [1.807, 2.05) is 6.07 Å². The molecule has 0 unspecified atom stereocenters. The van der Waals surface area contributed by atoms with Crippen LogP contribution in [0.1, 0.15) is 84.6 Å². The van der Waals surface area contributed by atoms with Crippen molar-refractivity contribution in [3.05, 3.63) is 57.5 Å². The van der Waals surface area contributed by atoms with Gasteiger partial charge in [0.1, 0.15) is 11.6 Å². The van der Waals surface area contributed by atoms with Crippen molar-refractivity contribution >= 4 is 11.6 Å². The van der Waals surface area contributed by atoms with Crippen molar-refractivity contribution in [1.82, 2.24) is 24.8 Å². The fraction of sp³-hybridized carbons (Fsp3) is 0.542. The van der Waals surface area contributed by atoms with Crippen LogP contribution in [0, 0.1) is 0 Å². The van der Waals surface area contributed by atoms with E-state index in [-0.39, 0.29) is 0 Å². The second-order valence-corrected chi connectivity index (χ2v) is 9.92. The van der Waals surface area contributed by atoms with E-state index in [4.69, 9.17) is 21.2 Å². The van der Waals surface area contributed by atoms with Gasteiger partial charge in [0.2, 0.25) is 0 Å². The molecule has 31 heavy (non-hydrogen) atoms. The zero-order valence-corrected chi connectivity index (χ0v) is 18.7. The van der Waals surface area contributed by atoms with Crippen LogP contribution in [-0.4, -0.2) is 31.9 Å². The molecule has 3 aromatic rings. The smallest absolute Gasteiger partial charge is 0.151 e. The first-order valence-corrected chi connectivity index (χ1v) is 11.9. The van der Waals surface area contributed by atoms with Crippen molar-refractivity contribution < 1.29 is 4.52 Å². The minimum atomic E-state index is 0.420. The number of fused-ring (bicyclic) bond motifs is 4. The summed E-state index contributed by atoms with van der Waals surface area (Å²) in [4.78, 5) is 2.27. The van der Waals surface area contributed by atoms with E-state index in [0.29, 0.717) is 11.8 Å². The van der Waals surface area contributed by atoms with Crippen LogP contribution in [0.3, 0.4) is 0 Å². The van der Waals surface area contributed by atoms with Gasteiger partial charge in [-0.15, -0.1) is 10.2 Å². The lowest BCUT2D eigenvalue weighted by molar-refractivity contribution is 0.300. The molecule has 1 aromatic carbocycles. The van der Waals surface area contributed by atoms with Crippen LogP contribution in [-0.2, 0) is 25.9 Å². The van der Waals surface area contributed by atoms with Gasteiger partial charge in [-0.05, 0) is 82.2 Å². The zero-order chi connectivity index (χ0) is 20.9. The van der Waals surface area contributed by atoms with Gasteiger partial charge >= 0.3 is 0 Å². The molecule has 0 amide bonds. The first kappa shape index (κ1) is 19.5. The van der Waals surface area contributed by atoms with Crippen molar-refractivity contribution in [2.24, 2.45) is 0 Å². The van der Waals surface area contributed by atoms with Crippen molar-refractivity contribution in [1.29, 1.82) is 0 Å². The third-order valence-electron chi connectivity index (χ3n) is 7.34. The molecule has 0 radical (unpaired) electrons. The van der Waals surface area contributed by atoms with E-state index in [1.165, 1.54) is 41.1 Å². The summed E-state index contributed by atoms with van der Waals surface area (Å²) in [5.74, 6) is 4.21. The molecule has 0 N–H and O–H groups in total. The number of benzene rings is 1. The molecule has 6 rings (SSSR count). The maximum absolute atomic E-state index is 6.31. The maximum atomic E-state index is 6.31. The molecule has 3 aliphatic rings. The number of aryl methyl sites for hydroxylation is 1. The van der Waals surface area contributed by atoms with Gasteiger partial charge in [-0.2, -0.15) is 0 Å². The molecule has 1 aliphatic heterocycles. The Morgan fingerprint density at radius 2 is 1.81 bits per heavy atom. The molecular weight excluding hydrogens is 410 g/mol. The molecule has 2 aromatic heterocycles. The van der Waals surface area contributed by atoms with Crippen LogP contribution in [0.2, 0.25) is 5.02 Å². The maximum Gasteiger partial charge on any atom is 0.151 e. The van der Waals surface area contributed by atoms with Gasteiger partial charge in [-0.25, -0.2) is 0 Å². The summed E-state index contributed by atoms with van der Waals surface area (Å²) in [7, 11) is 2.12. The summed E-state index contributed by atoms with van der Waals surface area (Å²) in [6.45, 7) is 1.65. The number of hydrogen-bond donors (Lipinski definition) is 0. The highest BCUT2D eigenvalue weighted by Crippen LogP contribution is 2.43. The Hall–Kier alpha value is -2.18. The van der Waals surface area contributed by atoms with Crippen LogP contribution in [0.5, 0.6) is 0 Å². The van der Waals surface area contributed by atoms with E-state index < -0.39 is 0 Å². The fourth-order valence-electron chi connectivity index (χ4n) is 5.80. The molecule has 2 aliphatic carbocycles. The molecule has 0 saturated heterocycles. The fourth-order valence-corrected chi connectivity index (χ4v) is 5.99. The van der Waals surface area contributed by atoms with Crippen LogP contribution < -0.4 is 0 Å². The van der Waals surface area contributed by atoms with Gasteiger partial charge in [0, 0.05) is 29.0 Å². The highest BCUT2D eigenvalue weighted by atomic mass is 35.5. The zero-order valence-electron chi connectivity index (χ0n) is 18.0. The average Bonchev–Trinajstić information content (AvgIpc) is 3.35. The van der Waals surface area contributed by atoms with E-state index >= 15 is 0 Å². The van der Waals surface area contributed by atoms with Crippen molar-refractivity contribution in [2.45, 2.75) is 76.3 Å². The van der Waals surface area contributed by atoms with Gasteiger partial charge in [0.25, 0.3) is 0 Å². The first-order chi connectivity index (χ1) is 15.2. The van der Waals surface area contributed by atoms with Gasteiger partial charge < -0.3 is 4.52 Å². The number of hydrogen-bond acceptors (Lipinski definition) is 5. The Kier molecular flexibility index (Phi) is 4.87. The summed E-state index contributed by atoms with van der Waals surface area (Å²) >= 11 is 6.31. The molecule has 3 heterocycles. The summed E-state index contributed by atoms with van der Waals surface area (Å²) in [5, 5.41) is 14.5. The molecule has 7 heteroatoms. The lowest BCUT2D eigenvalue weighted by Gasteiger charge is -2.28. The van der Waals surface area contributed by atoms with Crippen LogP contribution >= 0.6 is 11.6 Å². The molecule has 0 atom stereocenters. The van der Waals surface area contributed by atoms with E-state index in [1.54, 1.807) is 0 Å². The predicted molar refractivity (Wildman–Crippen MR) is 119 cm³/mol. The van der Waals surface area contributed by atoms with E-state index in [2.05, 4.69) is 38.9 Å². The number of aromatic nitrogens is 4. The standard InChI is InChI=1S/C24H28ClN5O/c1-29-13-17-12-18(25)10-11-21(17)30-22(14-29)26-27-24(30)16-8-6-15(7-9-16)23-19-4-2-3-5-20(19)28-31-23/h10-12,15-16H,2-9,13-14H2,1H3/t15-,16-. The van der Waals surface area contributed by atoms with Gasteiger partial charge in [0.05, 0.1) is 17.9 Å². The summed E-state index contributed by atoms with van der Waals surface area (Å²) in [6, 6.07) is 6.18. The average molecular weight is 438 g/mol. The molecule has 1 fully saturated rings. The highest BCUT2D eigenvalue weighted by Gasteiger charge is 2.33. The topological polar surface area (TPSA) is 60.0 Å². The normalized spacial score (nSPS) is 23.7. The third-order valence-corrected chi connectivity index (χ3v) is 7.58. The minimum Gasteiger partial charge on any atom is -0.361 e. The second-order valence-electron chi connectivity index (χ2n) is 9.48. The lowest BCUT2D eigenvalue weighted by Crippen LogP contribution is -2.18. The Balaban J connectivity index is 1.28. The molecular formula is C24H28ClN5O. The number of nitrogens with zero attached hydrogens (tertiary/aromatic N) is 5. The monoisotopic (exact) mass is 437 g/mol. The van der Waals surface area contributed by atoms with Crippen LogP contribution in [0.15, 0.2) is 22.7 Å². The predicted octanol–water partition coefficient (Wildman–Crippen LogP) is 5.17. The van der Waals surface area contributed by atoms with Gasteiger partial charge in [0.15, 0.2) is 5.82 Å². The van der Waals surface area contributed by atoms with Crippen LogP contribution in [0.4, 0.5) is 0 Å². The van der Waals surface area contributed by atoms with Crippen molar-refractivity contribution in [2.75, 3.05) is 7.05 Å². The minimum absolute atomic E-state index is 0.420. The van der Waals surface area contributed by atoms with Crippen molar-refractivity contribution in [3.8, 4) is 5.69 Å². The summed E-state index contributed by atoms with van der Waals surface area (Å²) in [5.41, 5.74) is 5.04. The Morgan fingerprint density at radius 3 is 2.68 bits per heavy atom. The Labute approximate surface area is 187 Å². The van der Waals surface area contributed by atoms with Gasteiger partial charge in [-0.1, -0.05) is 16.8 Å². The highest BCUT2D eigenvalue weighted by molar-refractivity contribution is 6.30. The quantitative estimate of drug-likeness (QED) is 0.553. The molecule has 1 saturated carbocycles. The van der Waals surface area contributed by atoms with Crippen molar-refractivity contribution in [3.63, 3.8) is 0 Å². The molecule has 0 bridgehead atoms.